The molecule has 7 heterocycles. The summed E-state index contributed by atoms with van der Waals surface area (Å²) in [5.41, 5.74) is 4.22. The van der Waals surface area contributed by atoms with Crippen molar-refractivity contribution in [2.24, 2.45) is 13.0 Å². The predicted octanol–water partition coefficient (Wildman–Crippen LogP) is 3.66. The minimum absolute atomic E-state index is 0.0103. The van der Waals surface area contributed by atoms with E-state index in [9.17, 15) is 19.2 Å². The fourth-order valence-electron chi connectivity index (χ4n) is 8.54. The monoisotopic (exact) mass is 721 g/mol. The summed E-state index contributed by atoms with van der Waals surface area (Å²) in [6.07, 6.45) is 2.86. The van der Waals surface area contributed by atoms with Gasteiger partial charge in [-0.3, -0.25) is 33.7 Å². The highest BCUT2D eigenvalue weighted by atomic mass is 32.1. The molecule has 3 amide bonds. The molecule has 3 fully saturated rings. The summed E-state index contributed by atoms with van der Waals surface area (Å²) in [6, 6.07) is 13.9. The maximum atomic E-state index is 13.2. The van der Waals surface area contributed by atoms with Gasteiger partial charge in [0.15, 0.2) is 0 Å². The lowest BCUT2D eigenvalue weighted by Gasteiger charge is -2.36. The SMILES string of the molecule is C[C@@H]1CNc2c(sc3ccc4nc(N5CC[C@H](CCN6CCN(c7ccc8c(c7)n(C)c(=O)n8C7CCC(=O)NC7=O)CC6)C5)ccc4c23)C(=O)N1. The minimum Gasteiger partial charge on any atom is -0.381 e. The number of piperidine rings is 1. The molecule has 9 rings (SSSR count). The van der Waals surface area contributed by atoms with Crippen molar-refractivity contribution in [2.45, 2.75) is 44.7 Å². The molecule has 3 N–H and O–H groups in total. The number of pyridine rings is 1. The number of nitrogens with one attached hydrogen (secondary N) is 3. The zero-order valence-corrected chi connectivity index (χ0v) is 30.3. The Morgan fingerprint density at radius 3 is 2.60 bits per heavy atom. The molecule has 4 aliphatic rings. The maximum Gasteiger partial charge on any atom is 0.329 e. The summed E-state index contributed by atoms with van der Waals surface area (Å²) in [6.45, 7) is 9.56. The van der Waals surface area contributed by atoms with Crippen LogP contribution < -0.4 is 31.4 Å². The van der Waals surface area contributed by atoms with Crippen LogP contribution in [0.5, 0.6) is 0 Å². The first-order valence-electron chi connectivity index (χ1n) is 18.4. The van der Waals surface area contributed by atoms with Crippen molar-refractivity contribution in [3.05, 3.63) is 57.8 Å². The molecular weight excluding hydrogens is 679 g/mol. The molecule has 3 saturated heterocycles. The van der Waals surface area contributed by atoms with Gasteiger partial charge in [0.05, 0.1) is 22.2 Å². The van der Waals surface area contributed by atoms with Gasteiger partial charge in [0.25, 0.3) is 5.91 Å². The number of carbonyl (C=O) groups excluding carboxylic acids is 3. The number of benzene rings is 2. The number of fused-ring (bicyclic) bond motifs is 6. The molecule has 4 aliphatic heterocycles. The number of amides is 3. The van der Waals surface area contributed by atoms with E-state index in [1.165, 1.54) is 15.9 Å². The number of imidazole rings is 1. The van der Waals surface area contributed by atoms with Gasteiger partial charge in [-0.25, -0.2) is 9.78 Å². The lowest BCUT2D eigenvalue weighted by molar-refractivity contribution is -0.135. The van der Waals surface area contributed by atoms with Crippen LogP contribution in [0.15, 0.2) is 47.3 Å². The van der Waals surface area contributed by atoms with E-state index in [4.69, 9.17) is 4.98 Å². The summed E-state index contributed by atoms with van der Waals surface area (Å²) in [5, 5.41) is 11.1. The quantitative estimate of drug-likeness (QED) is 0.225. The number of thiophene rings is 1. The normalized spacial score (nSPS) is 22.9. The first-order valence-corrected chi connectivity index (χ1v) is 19.2. The van der Waals surface area contributed by atoms with Crippen LogP contribution in [0.25, 0.3) is 32.0 Å². The molecule has 1 unspecified atom stereocenters. The first kappa shape index (κ1) is 32.9. The van der Waals surface area contributed by atoms with E-state index in [0.29, 0.717) is 24.4 Å². The summed E-state index contributed by atoms with van der Waals surface area (Å²) >= 11 is 1.54. The van der Waals surface area contributed by atoms with Crippen molar-refractivity contribution >= 4 is 78.3 Å². The number of anilines is 3. The number of nitrogens with zero attached hydrogens (tertiary/aromatic N) is 6. The third-order valence-corrected chi connectivity index (χ3v) is 12.6. The van der Waals surface area contributed by atoms with Gasteiger partial charge in [0.2, 0.25) is 11.8 Å². The van der Waals surface area contributed by atoms with Crippen LogP contribution in [0.2, 0.25) is 0 Å². The molecule has 14 heteroatoms. The second-order valence-corrected chi connectivity index (χ2v) is 15.9. The number of aromatic nitrogens is 3. The third-order valence-electron chi connectivity index (χ3n) is 11.5. The average Bonchev–Trinajstić information content (AvgIpc) is 3.82. The highest BCUT2D eigenvalue weighted by Gasteiger charge is 2.32. The fourth-order valence-corrected chi connectivity index (χ4v) is 9.64. The summed E-state index contributed by atoms with van der Waals surface area (Å²) in [4.78, 5) is 63.5. The van der Waals surface area contributed by atoms with Crippen LogP contribution in [0.3, 0.4) is 0 Å². The van der Waals surface area contributed by atoms with Crippen LogP contribution in [-0.4, -0.2) is 95.1 Å². The highest BCUT2D eigenvalue weighted by molar-refractivity contribution is 7.21. The van der Waals surface area contributed by atoms with Crippen molar-refractivity contribution in [1.29, 1.82) is 0 Å². The zero-order chi connectivity index (χ0) is 35.7. The van der Waals surface area contributed by atoms with Gasteiger partial charge in [-0.15, -0.1) is 11.3 Å². The van der Waals surface area contributed by atoms with Crippen molar-refractivity contribution < 1.29 is 14.4 Å². The molecule has 0 spiro atoms. The number of imide groups is 1. The number of rotatable bonds is 6. The van der Waals surface area contributed by atoms with Gasteiger partial charge in [0.1, 0.15) is 16.7 Å². The molecule has 13 nitrogen and oxygen atoms in total. The van der Waals surface area contributed by atoms with Crippen molar-refractivity contribution in [3.63, 3.8) is 0 Å². The summed E-state index contributed by atoms with van der Waals surface area (Å²) in [7, 11) is 1.74. The van der Waals surface area contributed by atoms with E-state index in [2.05, 4.69) is 61.0 Å². The van der Waals surface area contributed by atoms with E-state index in [-0.39, 0.29) is 30.0 Å². The molecule has 0 radical (unpaired) electrons. The van der Waals surface area contributed by atoms with Crippen molar-refractivity contribution in [2.75, 3.05) is 67.5 Å². The third kappa shape index (κ3) is 5.68. The van der Waals surface area contributed by atoms with Crippen LogP contribution in [0, 0.1) is 5.92 Å². The molecule has 52 heavy (non-hydrogen) atoms. The molecule has 0 aliphatic carbocycles. The van der Waals surface area contributed by atoms with Gasteiger partial charge < -0.3 is 20.4 Å². The molecule has 0 bridgehead atoms. The Bertz CT molecular complexity index is 2320. The first-order chi connectivity index (χ1) is 25.2. The Labute approximate surface area is 304 Å². The molecule has 5 aromatic rings. The second-order valence-electron chi connectivity index (χ2n) is 14.8. The fraction of sp³-hybridized carbons (Fsp3) is 0.447. The number of carbonyl (C=O) groups is 3. The Balaban J connectivity index is 0.815. The minimum atomic E-state index is -0.680. The average molecular weight is 722 g/mol. The lowest BCUT2D eigenvalue weighted by Crippen LogP contribution is -2.47. The Morgan fingerprint density at radius 1 is 0.923 bits per heavy atom. The highest BCUT2D eigenvalue weighted by Crippen LogP contribution is 2.41. The van der Waals surface area contributed by atoms with E-state index >= 15 is 0 Å². The van der Waals surface area contributed by atoms with Crippen molar-refractivity contribution in [1.82, 2.24) is 29.7 Å². The number of hydrogen-bond donors (Lipinski definition) is 3. The molecule has 2 aromatic carbocycles. The van der Waals surface area contributed by atoms with Gasteiger partial charge in [0, 0.05) is 86.5 Å². The van der Waals surface area contributed by atoms with Gasteiger partial charge in [-0.1, -0.05) is 0 Å². The largest absolute Gasteiger partial charge is 0.381 e. The van der Waals surface area contributed by atoms with Gasteiger partial charge in [-0.05, 0) is 81.1 Å². The topological polar surface area (TPSA) is 137 Å². The molecule has 3 atom stereocenters. The van der Waals surface area contributed by atoms with E-state index in [1.54, 1.807) is 11.6 Å². The van der Waals surface area contributed by atoms with Crippen LogP contribution in [-0.2, 0) is 16.6 Å². The standard InChI is InChI=1S/C38H43N9O4S/c1-22-20-39-34-33-25-4-9-31(41-26(25)5-8-30(33)52-35(34)37(50)40-22)46-14-12-23(21-46)11-13-44-15-17-45(18-16-44)24-3-6-27-29(19-24)43(2)38(51)47(27)28-7-10-32(48)42-36(28)49/h3-6,8-9,19,22-23,28,39H,7,10-18,20-21H2,1-2H3,(H,40,50)(H,42,48,49)/t22-,23+,28?/m1/s1. The Hall–Kier alpha value is -4.95. The van der Waals surface area contributed by atoms with E-state index in [0.717, 1.165) is 107 Å². The number of aryl methyl sites for hydroxylation is 1. The van der Waals surface area contributed by atoms with E-state index < -0.39 is 11.9 Å². The zero-order valence-electron chi connectivity index (χ0n) is 29.5. The Morgan fingerprint density at radius 2 is 1.77 bits per heavy atom. The smallest absolute Gasteiger partial charge is 0.329 e. The number of hydrogen-bond acceptors (Lipinski definition) is 10. The van der Waals surface area contributed by atoms with Crippen molar-refractivity contribution in [3.8, 4) is 0 Å². The van der Waals surface area contributed by atoms with Crippen LogP contribution >= 0.6 is 11.3 Å². The summed E-state index contributed by atoms with van der Waals surface area (Å²) < 4.78 is 4.24. The molecular formula is C38H43N9O4S. The molecule has 3 aromatic heterocycles. The Kier molecular flexibility index (Phi) is 8.18. The second kappa shape index (κ2) is 12.9. The van der Waals surface area contributed by atoms with Gasteiger partial charge >= 0.3 is 5.69 Å². The van der Waals surface area contributed by atoms with Crippen LogP contribution in [0.1, 0.15) is 48.3 Å². The van der Waals surface area contributed by atoms with Gasteiger partial charge in [-0.2, -0.15) is 0 Å². The van der Waals surface area contributed by atoms with E-state index in [1.807, 2.05) is 19.1 Å². The lowest BCUT2D eigenvalue weighted by atomic mass is 10.0. The summed E-state index contributed by atoms with van der Waals surface area (Å²) in [5.74, 6) is 0.919. The van der Waals surface area contributed by atoms with Crippen LogP contribution in [0.4, 0.5) is 17.2 Å². The molecule has 0 saturated carbocycles. The molecule has 270 valence electrons. The number of piperazine rings is 1. The predicted molar refractivity (Wildman–Crippen MR) is 205 cm³/mol. The maximum absolute atomic E-state index is 13.2.